The Morgan fingerprint density at radius 2 is 1.73 bits per heavy atom. The van der Waals surface area contributed by atoms with Gasteiger partial charge in [-0.1, -0.05) is 48.5 Å². The first kappa shape index (κ1) is 26.3. The van der Waals surface area contributed by atoms with Gasteiger partial charge in [-0.15, -0.1) is 0 Å². The van der Waals surface area contributed by atoms with Gasteiger partial charge in [0.1, 0.15) is 11.9 Å². The van der Waals surface area contributed by atoms with Gasteiger partial charge in [-0.2, -0.15) is 0 Å². The van der Waals surface area contributed by atoms with Crippen LogP contribution in [0.3, 0.4) is 0 Å². The molecule has 1 saturated heterocycles. The summed E-state index contributed by atoms with van der Waals surface area (Å²) in [6, 6.07) is 19.1. The van der Waals surface area contributed by atoms with E-state index < -0.39 is 6.09 Å². The molecule has 8 heteroatoms. The largest absolute Gasteiger partial charge is 0.446 e. The molecule has 1 aliphatic rings. The Balaban J connectivity index is 1.42. The molecule has 1 aromatic heterocycles. The highest BCUT2D eigenvalue weighted by atomic mass is 16.6. The Kier molecular flexibility index (Phi) is 8.53. The van der Waals surface area contributed by atoms with Crippen molar-refractivity contribution in [2.24, 2.45) is 0 Å². The molecule has 8 nitrogen and oxygen atoms in total. The molecular weight excluding hydrogens is 468 g/mol. The van der Waals surface area contributed by atoms with Gasteiger partial charge in [-0.25, -0.2) is 9.78 Å². The number of nitrogens with zero attached hydrogens (tertiary/aromatic N) is 2. The van der Waals surface area contributed by atoms with Crippen LogP contribution in [0.2, 0.25) is 0 Å². The van der Waals surface area contributed by atoms with Crippen LogP contribution in [0, 0.1) is 0 Å². The lowest BCUT2D eigenvalue weighted by molar-refractivity contribution is -0.896. The second kappa shape index (κ2) is 12.0. The Hall–Kier alpha value is -3.75. The maximum atomic E-state index is 12.8. The molecule has 2 amide bonds. The molecule has 0 spiro atoms. The number of amides is 2. The average molecular weight is 504 g/mol. The number of anilines is 2. The minimum absolute atomic E-state index is 0.0849. The summed E-state index contributed by atoms with van der Waals surface area (Å²) in [5.74, 6) is 0.278. The number of aryl methyl sites for hydroxylation is 1. The number of benzene rings is 2. The molecule has 3 N–H and O–H groups in total. The number of hydrogen-bond acceptors (Lipinski definition) is 5. The molecule has 0 radical (unpaired) electrons. The van der Waals surface area contributed by atoms with Crippen molar-refractivity contribution in [1.29, 1.82) is 0 Å². The minimum atomic E-state index is -0.457. The molecule has 1 aliphatic heterocycles. The zero-order valence-electron chi connectivity index (χ0n) is 21.4. The van der Waals surface area contributed by atoms with Crippen molar-refractivity contribution in [2.45, 2.75) is 38.4 Å². The number of ether oxygens (including phenoxy) is 1. The normalized spacial score (nSPS) is 15.1. The van der Waals surface area contributed by atoms with Crippen LogP contribution in [0.5, 0.6) is 0 Å². The van der Waals surface area contributed by atoms with E-state index in [2.05, 4.69) is 29.7 Å². The molecule has 37 heavy (non-hydrogen) atoms. The molecule has 0 unspecified atom stereocenters. The molecule has 0 bridgehead atoms. The summed E-state index contributed by atoms with van der Waals surface area (Å²) in [6.07, 6.45) is 3.43. The van der Waals surface area contributed by atoms with Crippen molar-refractivity contribution >= 4 is 23.5 Å². The molecule has 1 fully saturated rings. The Labute approximate surface area is 217 Å². The van der Waals surface area contributed by atoms with E-state index in [-0.39, 0.29) is 25.0 Å². The van der Waals surface area contributed by atoms with E-state index in [0.717, 1.165) is 47.1 Å². The van der Waals surface area contributed by atoms with E-state index >= 15 is 0 Å². The van der Waals surface area contributed by atoms with Crippen molar-refractivity contribution in [2.75, 3.05) is 37.8 Å². The van der Waals surface area contributed by atoms with Crippen LogP contribution < -0.4 is 10.6 Å². The fraction of sp³-hybridized carbons (Fsp3) is 0.345. The van der Waals surface area contributed by atoms with Crippen LogP contribution in [0.4, 0.5) is 16.3 Å². The van der Waals surface area contributed by atoms with Gasteiger partial charge in [0.25, 0.3) is 0 Å². The van der Waals surface area contributed by atoms with Gasteiger partial charge in [0, 0.05) is 31.0 Å². The third-order valence-electron chi connectivity index (χ3n) is 6.71. The topological polar surface area (TPSA) is 101 Å². The monoisotopic (exact) mass is 503 g/mol. The number of aliphatic hydroxyl groups is 1. The molecule has 2 heterocycles. The van der Waals surface area contributed by atoms with Gasteiger partial charge >= 0.3 is 6.09 Å². The smallest absolute Gasteiger partial charge is 0.411 e. The number of aliphatic hydroxyl groups excluding tert-OH is 1. The third-order valence-corrected chi connectivity index (χ3v) is 6.71. The second-order valence-electron chi connectivity index (χ2n) is 10.1. The SMILES string of the molecule is C[N+]1(C)CCC(OC(=O)Nc2cc(CCC(=O)Nc3ccc(CO)cn3)ccc2-c2ccccc2)CC1. The molecule has 4 rings (SSSR count). The number of hydrogen-bond donors (Lipinski definition) is 3. The van der Waals surface area contributed by atoms with E-state index in [0.29, 0.717) is 23.5 Å². The first-order valence-corrected chi connectivity index (χ1v) is 12.6. The molecule has 0 atom stereocenters. The van der Waals surface area contributed by atoms with Gasteiger partial charge in [-0.3, -0.25) is 10.1 Å². The minimum Gasteiger partial charge on any atom is -0.446 e. The molecule has 194 valence electrons. The summed E-state index contributed by atoms with van der Waals surface area (Å²) in [6.45, 7) is 1.86. The third kappa shape index (κ3) is 7.62. The second-order valence-corrected chi connectivity index (χ2v) is 10.1. The first-order valence-electron chi connectivity index (χ1n) is 12.6. The van der Waals surface area contributed by atoms with E-state index in [9.17, 15) is 9.59 Å². The van der Waals surface area contributed by atoms with Gasteiger partial charge in [0.2, 0.25) is 5.91 Å². The fourth-order valence-corrected chi connectivity index (χ4v) is 4.43. The zero-order valence-corrected chi connectivity index (χ0v) is 21.4. The summed E-state index contributed by atoms with van der Waals surface area (Å²) in [5.41, 5.74) is 4.13. The lowest BCUT2D eigenvalue weighted by atomic mass is 9.99. The summed E-state index contributed by atoms with van der Waals surface area (Å²) in [5, 5.41) is 14.9. The van der Waals surface area contributed by atoms with E-state index in [4.69, 9.17) is 9.84 Å². The Morgan fingerprint density at radius 1 is 1.00 bits per heavy atom. The predicted molar refractivity (Wildman–Crippen MR) is 144 cm³/mol. The summed E-state index contributed by atoms with van der Waals surface area (Å²) < 4.78 is 6.70. The number of rotatable bonds is 8. The summed E-state index contributed by atoms with van der Waals surface area (Å²) >= 11 is 0. The molecule has 0 aliphatic carbocycles. The maximum Gasteiger partial charge on any atom is 0.411 e. The lowest BCUT2D eigenvalue weighted by Gasteiger charge is -2.36. The van der Waals surface area contributed by atoms with Crippen LogP contribution >= 0.6 is 0 Å². The van der Waals surface area contributed by atoms with Crippen LogP contribution in [0.15, 0.2) is 66.9 Å². The number of piperidine rings is 1. The number of pyridine rings is 1. The van der Waals surface area contributed by atoms with Gasteiger partial charge in [-0.05, 0) is 35.2 Å². The first-order chi connectivity index (χ1) is 17.8. The highest BCUT2D eigenvalue weighted by molar-refractivity contribution is 5.92. The number of nitrogens with one attached hydrogen (secondary N) is 2. The Bertz CT molecular complexity index is 1200. The van der Waals surface area contributed by atoms with Crippen LogP contribution in [0.1, 0.15) is 30.4 Å². The number of quaternary nitrogens is 1. The quantitative estimate of drug-likeness (QED) is 0.390. The van der Waals surface area contributed by atoms with E-state index in [1.165, 1.54) is 6.20 Å². The maximum absolute atomic E-state index is 12.8. The highest BCUT2D eigenvalue weighted by Gasteiger charge is 2.28. The molecule has 0 saturated carbocycles. The molecular formula is C29H35N4O4+. The summed E-state index contributed by atoms with van der Waals surface area (Å²) in [7, 11) is 4.38. The number of carbonyl (C=O) groups excluding carboxylic acids is 2. The van der Waals surface area contributed by atoms with Crippen LogP contribution in [-0.2, 0) is 22.6 Å². The average Bonchev–Trinajstić information content (AvgIpc) is 2.90. The van der Waals surface area contributed by atoms with Crippen LogP contribution in [-0.4, -0.2) is 59.9 Å². The van der Waals surface area contributed by atoms with E-state index in [1.54, 1.807) is 12.1 Å². The predicted octanol–water partition coefficient (Wildman–Crippen LogP) is 4.60. The lowest BCUT2D eigenvalue weighted by Crippen LogP contribution is -2.48. The van der Waals surface area contributed by atoms with Gasteiger partial charge in [0.15, 0.2) is 0 Å². The molecule has 3 aromatic rings. The Morgan fingerprint density at radius 3 is 2.41 bits per heavy atom. The number of likely N-dealkylation sites (tertiary alicyclic amines) is 1. The standard InChI is InChI=1S/C29H34N4O4/c1-33(2)16-14-24(15-17-33)37-29(36)31-26-18-21(8-11-25(26)23-6-4-3-5-7-23)10-13-28(35)32-27-12-9-22(20-34)19-30-27/h3-9,11-12,18-19,24,34H,10,13-17,20H2,1-2H3,(H-,30,31,32,35,36)/p+1. The number of aromatic nitrogens is 1. The van der Waals surface area contributed by atoms with Crippen molar-refractivity contribution in [1.82, 2.24) is 4.98 Å². The zero-order chi connectivity index (χ0) is 26.3. The number of carbonyl (C=O) groups is 2. The van der Waals surface area contributed by atoms with Crippen molar-refractivity contribution in [3.63, 3.8) is 0 Å². The summed E-state index contributed by atoms with van der Waals surface area (Å²) in [4.78, 5) is 29.4. The fourth-order valence-electron chi connectivity index (χ4n) is 4.43. The van der Waals surface area contributed by atoms with Crippen LogP contribution in [0.25, 0.3) is 11.1 Å². The van der Waals surface area contributed by atoms with Gasteiger partial charge in [0.05, 0.1) is 39.5 Å². The highest BCUT2D eigenvalue weighted by Crippen LogP contribution is 2.30. The van der Waals surface area contributed by atoms with Crippen molar-refractivity contribution < 1.29 is 23.9 Å². The molecule has 2 aromatic carbocycles. The van der Waals surface area contributed by atoms with E-state index in [1.807, 2.05) is 48.5 Å². The van der Waals surface area contributed by atoms with Crippen molar-refractivity contribution in [3.8, 4) is 11.1 Å². The van der Waals surface area contributed by atoms with Crippen molar-refractivity contribution in [3.05, 3.63) is 78.0 Å². The van der Waals surface area contributed by atoms with Gasteiger partial charge < -0.3 is 19.6 Å².